The van der Waals surface area contributed by atoms with Crippen LogP contribution in [-0.4, -0.2) is 29.4 Å². The summed E-state index contributed by atoms with van der Waals surface area (Å²) in [6.07, 6.45) is -0.894. The monoisotopic (exact) mass is 309 g/mol. The fraction of sp³-hybridized carbons (Fsp3) is 0.500. The van der Waals surface area contributed by atoms with Crippen LogP contribution in [0.4, 0.5) is 4.79 Å². The number of carboxylic acids is 1. The standard InChI is InChI=1S/C16H23NO5/c1-5-21-12-8-6-7-11(9-12)13(10-14(18)19)17-15(20)22-16(2,3)4/h6-9,13H,5,10H2,1-4H3,(H,17,20)(H,18,19)/t13-/m1/s1. The molecule has 0 aliphatic carbocycles. The molecule has 2 N–H and O–H groups in total. The maximum absolute atomic E-state index is 11.9. The zero-order valence-corrected chi connectivity index (χ0v) is 13.4. The van der Waals surface area contributed by atoms with Crippen molar-refractivity contribution in [1.29, 1.82) is 0 Å². The van der Waals surface area contributed by atoms with Gasteiger partial charge in [-0.25, -0.2) is 4.79 Å². The van der Waals surface area contributed by atoms with Crippen molar-refractivity contribution in [1.82, 2.24) is 5.32 Å². The third-order valence-corrected chi connectivity index (χ3v) is 2.64. The molecule has 0 fully saturated rings. The van der Waals surface area contributed by atoms with Crippen LogP contribution in [0.5, 0.6) is 5.75 Å². The second kappa shape index (κ2) is 7.68. The van der Waals surface area contributed by atoms with E-state index in [9.17, 15) is 9.59 Å². The minimum Gasteiger partial charge on any atom is -0.494 e. The molecule has 0 aromatic heterocycles. The average molecular weight is 309 g/mol. The fourth-order valence-electron chi connectivity index (χ4n) is 1.86. The van der Waals surface area contributed by atoms with Gasteiger partial charge in [-0.3, -0.25) is 4.79 Å². The van der Waals surface area contributed by atoms with Gasteiger partial charge in [-0.2, -0.15) is 0 Å². The number of carbonyl (C=O) groups is 2. The molecule has 0 aliphatic rings. The van der Waals surface area contributed by atoms with Gasteiger partial charge >= 0.3 is 12.1 Å². The van der Waals surface area contributed by atoms with Crippen LogP contribution in [0.1, 0.15) is 45.7 Å². The third kappa shape index (κ3) is 6.47. The highest BCUT2D eigenvalue weighted by Crippen LogP contribution is 2.22. The first-order chi connectivity index (χ1) is 10.2. The highest BCUT2D eigenvalue weighted by atomic mass is 16.6. The molecule has 0 aliphatic heterocycles. The summed E-state index contributed by atoms with van der Waals surface area (Å²) < 4.78 is 10.6. The maximum atomic E-state index is 11.9. The van der Waals surface area contributed by atoms with E-state index < -0.39 is 23.7 Å². The molecular weight excluding hydrogens is 286 g/mol. The maximum Gasteiger partial charge on any atom is 0.408 e. The van der Waals surface area contributed by atoms with Crippen molar-refractivity contribution in [2.24, 2.45) is 0 Å². The van der Waals surface area contributed by atoms with Crippen LogP contribution >= 0.6 is 0 Å². The lowest BCUT2D eigenvalue weighted by Gasteiger charge is -2.23. The lowest BCUT2D eigenvalue weighted by molar-refractivity contribution is -0.137. The molecule has 0 bridgehead atoms. The van der Waals surface area contributed by atoms with E-state index >= 15 is 0 Å². The quantitative estimate of drug-likeness (QED) is 0.843. The number of benzene rings is 1. The van der Waals surface area contributed by atoms with Gasteiger partial charge in [-0.15, -0.1) is 0 Å². The van der Waals surface area contributed by atoms with Crippen molar-refractivity contribution in [3.63, 3.8) is 0 Å². The summed E-state index contributed by atoms with van der Waals surface area (Å²) in [6.45, 7) is 7.60. The number of amides is 1. The second-order valence-electron chi connectivity index (χ2n) is 5.80. The summed E-state index contributed by atoms with van der Waals surface area (Å²) in [7, 11) is 0. The Hall–Kier alpha value is -2.24. The molecule has 0 radical (unpaired) electrons. The zero-order valence-electron chi connectivity index (χ0n) is 13.4. The number of ether oxygens (including phenoxy) is 2. The number of aliphatic carboxylic acids is 1. The Balaban J connectivity index is 2.90. The summed E-state index contributed by atoms with van der Waals surface area (Å²) in [5, 5.41) is 11.6. The van der Waals surface area contributed by atoms with Gasteiger partial charge in [0, 0.05) is 0 Å². The van der Waals surface area contributed by atoms with Crippen molar-refractivity contribution < 1.29 is 24.2 Å². The smallest absolute Gasteiger partial charge is 0.408 e. The van der Waals surface area contributed by atoms with E-state index in [0.717, 1.165) is 0 Å². The Morgan fingerprint density at radius 1 is 1.32 bits per heavy atom. The van der Waals surface area contributed by atoms with Crippen molar-refractivity contribution in [3.05, 3.63) is 29.8 Å². The first kappa shape index (κ1) is 17.8. The number of carbonyl (C=O) groups excluding carboxylic acids is 1. The van der Waals surface area contributed by atoms with Crippen LogP contribution < -0.4 is 10.1 Å². The van der Waals surface area contributed by atoms with Gasteiger partial charge in [-0.1, -0.05) is 12.1 Å². The number of carboxylic acid groups (broad SMARTS) is 1. The Kier molecular flexibility index (Phi) is 6.22. The zero-order chi connectivity index (χ0) is 16.8. The molecule has 1 aromatic rings. The number of hydrogen-bond acceptors (Lipinski definition) is 4. The number of rotatable bonds is 6. The van der Waals surface area contributed by atoms with E-state index in [1.165, 1.54) is 0 Å². The Morgan fingerprint density at radius 3 is 2.55 bits per heavy atom. The topological polar surface area (TPSA) is 84.9 Å². The first-order valence-electron chi connectivity index (χ1n) is 7.15. The van der Waals surface area contributed by atoms with Crippen molar-refractivity contribution >= 4 is 12.1 Å². The lowest BCUT2D eigenvalue weighted by Crippen LogP contribution is -2.35. The number of alkyl carbamates (subject to hydrolysis) is 1. The Bertz CT molecular complexity index is 522. The summed E-state index contributed by atoms with van der Waals surface area (Å²) in [5.41, 5.74) is 0.00425. The lowest BCUT2D eigenvalue weighted by atomic mass is 10.0. The van der Waals surface area contributed by atoms with E-state index in [-0.39, 0.29) is 6.42 Å². The van der Waals surface area contributed by atoms with Crippen LogP contribution in [0.25, 0.3) is 0 Å². The van der Waals surface area contributed by atoms with Gasteiger partial charge in [0.25, 0.3) is 0 Å². The minimum atomic E-state index is -1.01. The predicted molar refractivity (Wildman–Crippen MR) is 82.0 cm³/mol. The van der Waals surface area contributed by atoms with Crippen LogP contribution in [0.3, 0.4) is 0 Å². The molecule has 6 heteroatoms. The summed E-state index contributed by atoms with van der Waals surface area (Å²) in [4.78, 5) is 22.9. The van der Waals surface area contributed by atoms with Gasteiger partial charge in [0.15, 0.2) is 0 Å². The summed E-state index contributed by atoms with van der Waals surface area (Å²) in [6, 6.07) is 6.31. The molecule has 0 saturated carbocycles. The number of hydrogen-bond donors (Lipinski definition) is 2. The molecule has 0 spiro atoms. The SMILES string of the molecule is CCOc1cccc([C@@H](CC(=O)O)NC(=O)OC(C)(C)C)c1. The highest BCUT2D eigenvalue weighted by Gasteiger charge is 2.22. The largest absolute Gasteiger partial charge is 0.494 e. The molecule has 122 valence electrons. The third-order valence-electron chi connectivity index (χ3n) is 2.64. The van der Waals surface area contributed by atoms with Crippen LogP contribution in [0.2, 0.25) is 0 Å². The van der Waals surface area contributed by atoms with E-state index in [4.69, 9.17) is 14.6 Å². The Labute approximate surface area is 130 Å². The van der Waals surface area contributed by atoms with Crippen molar-refractivity contribution in [3.8, 4) is 5.75 Å². The second-order valence-corrected chi connectivity index (χ2v) is 5.80. The Morgan fingerprint density at radius 2 is 2.00 bits per heavy atom. The molecule has 22 heavy (non-hydrogen) atoms. The van der Waals surface area contributed by atoms with Crippen molar-refractivity contribution in [2.45, 2.75) is 45.8 Å². The fourth-order valence-corrected chi connectivity index (χ4v) is 1.86. The molecule has 0 saturated heterocycles. The number of nitrogens with one attached hydrogen (secondary N) is 1. The van der Waals surface area contributed by atoms with E-state index in [0.29, 0.717) is 17.9 Å². The summed E-state index contributed by atoms with van der Waals surface area (Å²) in [5.74, 6) is -0.385. The molecule has 1 amide bonds. The van der Waals surface area contributed by atoms with Crippen LogP contribution in [-0.2, 0) is 9.53 Å². The van der Waals surface area contributed by atoms with Gasteiger partial charge in [0.05, 0.1) is 19.1 Å². The van der Waals surface area contributed by atoms with E-state index in [2.05, 4.69) is 5.32 Å². The predicted octanol–water partition coefficient (Wildman–Crippen LogP) is 3.13. The van der Waals surface area contributed by atoms with Gasteiger partial charge in [0.1, 0.15) is 11.4 Å². The normalized spacial score (nSPS) is 12.4. The molecule has 1 rings (SSSR count). The molecular formula is C16H23NO5. The first-order valence-corrected chi connectivity index (χ1v) is 7.15. The molecule has 1 atom stereocenters. The van der Waals surface area contributed by atoms with Crippen LogP contribution in [0.15, 0.2) is 24.3 Å². The van der Waals surface area contributed by atoms with Gasteiger partial charge < -0.3 is 19.9 Å². The average Bonchev–Trinajstić information content (AvgIpc) is 2.36. The molecule has 0 unspecified atom stereocenters. The van der Waals surface area contributed by atoms with Gasteiger partial charge in [0.2, 0.25) is 0 Å². The van der Waals surface area contributed by atoms with Gasteiger partial charge in [-0.05, 0) is 45.4 Å². The van der Waals surface area contributed by atoms with Crippen molar-refractivity contribution in [2.75, 3.05) is 6.61 Å². The summed E-state index contributed by atoms with van der Waals surface area (Å²) >= 11 is 0. The minimum absolute atomic E-state index is 0.241. The molecule has 6 nitrogen and oxygen atoms in total. The highest BCUT2D eigenvalue weighted by molar-refractivity contribution is 5.72. The van der Waals surface area contributed by atoms with E-state index in [1.54, 1.807) is 45.0 Å². The molecule has 0 heterocycles. The molecule has 1 aromatic carbocycles. The van der Waals surface area contributed by atoms with E-state index in [1.807, 2.05) is 6.92 Å². The van der Waals surface area contributed by atoms with Crippen LogP contribution in [0, 0.1) is 0 Å².